The number of thiazole rings is 1. The van der Waals surface area contributed by atoms with Gasteiger partial charge >= 0.3 is 0 Å². The molecule has 2 rings (SSSR count). The number of ether oxygens (including phenoxy) is 1. The molecule has 1 aromatic carbocycles. The van der Waals surface area contributed by atoms with E-state index in [1.165, 1.54) is 11.3 Å². The maximum Gasteiger partial charge on any atom is 0.271 e. The highest BCUT2D eigenvalue weighted by Gasteiger charge is 2.11. The maximum atomic E-state index is 12.1. The second kappa shape index (κ2) is 9.53. The van der Waals surface area contributed by atoms with Crippen molar-refractivity contribution < 1.29 is 9.53 Å². The molecule has 0 bridgehead atoms. The molecule has 0 aliphatic heterocycles. The van der Waals surface area contributed by atoms with Crippen molar-refractivity contribution in [1.29, 1.82) is 0 Å². The van der Waals surface area contributed by atoms with Gasteiger partial charge in [-0.2, -0.15) is 0 Å². The zero-order valence-electron chi connectivity index (χ0n) is 12.4. The maximum absolute atomic E-state index is 12.1. The number of carbonyl (C=O) groups excluding carboxylic acids is 1. The fraction of sp³-hybridized carbons (Fsp3) is 0.333. The van der Waals surface area contributed by atoms with Crippen LogP contribution < -0.4 is 11.1 Å². The number of benzene rings is 1. The van der Waals surface area contributed by atoms with Crippen molar-refractivity contribution in [3.63, 3.8) is 0 Å². The predicted molar refractivity (Wildman–Crippen MR) is 90.4 cm³/mol. The molecule has 5 nitrogen and oxygen atoms in total. The van der Waals surface area contributed by atoms with E-state index in [0.29, 0.717) is 31.8 Å². The van der Waals surface area contributed by atoms with Crippen molar-refractivity contribution in [2.45, 2.75) is 19.6 Å². The highest BCUT2D eigenvalue weighted by molar-refractivity contribution is 7.09. The molecule has 0 spiro atoms. The lowest BCUT2D eigenvalue weighted by molar-refractivity contribution is 0.0946. The van der Waals surface area contributed by atoms with E-state index in [-0.39, 0.29) is 18.3 Å². The van der Waals surface area contributed by atoms with Gasteiger partial charge in [-0.3, -0.25) is 4.79 Å². The van der Waals surface area contributed by atoms with Crippen LogP contribution in [-0.2, 0) is 24.3 Å². The molecule has 0 aliphatic rings. The van der Waals surface area contributed by atoms with Crippen LogP contribution in [0.4, 0.5) is 0 Å². The summed E-state index contributed by atoms with van der Waals surface area (Å²) in [4.78, 5) is 16.3. The molecule has 0 atom stereocenters. The molecule has 2 aromatic rings. The summed E-state index contributed by atoms with van der Waals surface area (Å²) >= 11 is 1.46. The van der Waals surface area contributed by atoms with E-state index < -0.39 is 0 Å². The van der Waals surface area contributed by atoms with E-state index in [4.69, 9.17) is 10.5 Å². The minimum atomic E-state index is -0.165. The standard InChI is InChI=1S/C15H19N3O2S.ClH/c1-20-9-12-5-3-2-4-11(12)8-17-15(19)13-10-21-14(18-13)6-7-16;/h2-5,10H,6-9,16H2,1H3,(H,17,19);1H. The largest absolute Gasteiger partial charge is 0.380 e. The quantitative estimate of drug-likeness (QED) is 0.809. The monoisotopic (exact) mass is 341 g/mol. The number of rotatable bonds is 7. The number of aromatic nitrogens is 1. The Balaban J connectivity index is 0.00000242. The van der Waals surface area contributed by atoms with Gasteiger partial charge in [0.25, 0.3) is 5.91 Å². The third-order valence-corrected chi connectivity index (χ3v) is 3.91. The molecule has 0 unspecified atom stereocenters. The summed E-state index contributed by atoms with van der Waals surface area (Å²) in [6.45, 7) is 1.53. The number of nitrogens with zero attached hydrogens (tertiary/aromatic N) is 1. The van der Waals surface area contributed by atoms with Gasteiger partial charge in [-0.25, -0.2) is 4.98 Å². The zero-order valence-corrected chi connectivity index (χ0v) is 14.0. The summed E-state index contributed by atoms with van der Waals surface area (Å²) in [7, 11) is 1.66. The van der Waals surface area contributed by atoms with Crippen LogP contribution in [0, 0.1) is 0 Å². The molecule has 120 valence electrons. The van der Waals surface area contributed by atoms with Crippen LogP contribution in [0.2, 0.25) is 0 Å². The molecule has 1 heterocycles. The Kier molecular flexibility index (Phi) is 8.05. The Labute approximate surface area is 140 Å². The van der Waals surface area contributed by atoms with Gasteiger partial charge < -0.3 is 15.8 Å². The van der Waals surface area contributed by atoms with E-state index >= 15 is 0 Å². The van der Waals surface area contributed by atoms with Crippen molar-refractivity contribution in [3.05, 3.63) is 51.5 Å². The molecular weight excluding hydrogens is 322 g/mol. The molecule has 0 aliphatic carbocycles. The molecule has 3 N–H and O–H groups in total. The van der Waals surface area contributed by atoms with Gasteiger partial charge in [-0.15, -0.1) is 23.7 Å². The van der Waals surface area contributed by atoms with Crippen molar-refractivity contribution >= 4 is 29.7 Å². The first kappa shape index (κ1) is 18.6. The molecule has 1 aromatic heterocycles. The molecular formula is C15H20ClN3O2S. The second-order valence-corrected chi connectivity index (χ2v) is 5.49. The highest BCUT2D eigenvalue weighted by atomic mass is 35.5. The van der Waals surface area contributed by atoms with E-state index in [9.17, 15) is 4.79 Å². The van der Waals surface area contributed by atoms with Gasteiger partial charge in [-0.05, 0) is 17.7 Å². The smallest absolute Gasteiger partial charge is 0.271 e. The van der Waals surface area contributed by atoms with E-state index in [0.717, 1.165) is 16.1 Å². The first-order valence-corrected chi connectivity index (χ1v) is 7.61. The van der Waals surface area contributed by atoms with Crippen LogP contribution in [0.1, 0.15) is 26.6 Å². The molecule has 0 radical (unpaired) electrons. The van der Waals surface area contributed by atoms with Gasteiger partial charge in [0, 0.05) is 25.5 Å². The molecule has 0 fully saturated rings. The Morgan fingerprint density at radius 3 is 2.77 bits per heavy atom. The van der Waals surface area contributed by atoms with Gasteiger partial charge in [0.15, 0.2) is 0 Å². The summed E-state index contributed by atoms with van der Waals surface area (Å²) < 4.78 is 5.16. The number of methoxy groups -OCH3 is 1. The van der Waals surface area contributed by atoms with E-state index in [1.54, 1.807) is 12.5 Å². The highest BCUT2D eigenvalue weighted by Crippen LogP contribution is 2.12. The van der Waals surface area contributed by atoms with Crippen molar-refractivity contribution in [2.24, 2.45) is 5.73 Å². The normalized spacial score (nSPS) is 10.1. The van der Waals surface area contributed by atoms with Crippen molar-refractivity contribution in [3.8, 4) is 0 Å². The van der Waals surface area contributed by atoms with Gasteiger partial charge in [0.2, 0.25) is 0 Å². The molecule has 22 heavy (non-hydrogen) atoms. The first-order chi connectivity index (χ1) is 10.2. The lowest BCUT2D eigenvalue weighted by Gasteiger charge is -2.09. The summed E-state index contributed by atoms with van der Waals surface area (Å²) in [6, 6.07) is 7.88. The molecule has 1 amide bonds. The molecule has 0 saturated heterocycles. The Hall–Kier alpha value is -1.47. The summed E-state index contributed by atoms with van der Waals surface area (Å²) in [6.07, 6.45) is 0.703. The van der Waals surface area contributed by atoms with Crippen LogP contribution in [0.15, 0.2) is 29.6 Å². The van der Waals surface area contributed by atoms with E-state index in [1.807, 2.05) is 24.3 Å². The number of carbonyl (C=O) groups is 1. The average molecular weight is 342 g/mol. The van der Waals surface area contributed by atoms with Crippen LogP contribution in [0.5, 0.6) is 0 Å². The zero-order chi connectivity index (χ0) is 15.1. The minimum Gasteiger partial charge on any atom is -0.380 e. The van der Waals surface area contributed by atoms with Crippen molar-refractivity contribution in [1.82, 2.24) is 10.3 Å². The number of amides is 1. The Bertz CT molecular complexity index is 604. The average Bonchev–Trinajstić information content (AvgIpc) is 2.95. The fourth-order valence-corrected chi connectivity index (χ4v) is 2.74. The Morgan fingerprint density at radius 1 is 1.36 bits per heavy atom. The van der Waals surface area contributed by atoms with Gasteiger partial charge in [0.05, 0.1) is 11.6 Å². The number of nitrogens with two attached hydrogens (primary N) is 1. The lowest BCUT2D eigenvalue weighted by atomic mass is 10.1. The first-order valence-electron chi connectivity index (χ1n) is 6.73. The number of nitrogens with one attached hydrogen (secondary N) is 1. The molecule has 0 saturated carbocycles. The Morgan fingerprint density at radius 2 is 2.09 bits per heavy atom. The summed E-state index contributed by atoms with van der Waals surface area (Å²) in [5, 5.41) is 5.54. The minimum absolute atomic E-state index is 0. The molecule has 7 heteroatoms. The summed E-state index contributed by atoms with van der Waals surface area (Å²) in [5.74, 6) is -0.165. The number of hydrogen-bond donors (Lipinski definition) is 2. The topological polar surface area (TPSA) is 77.2 Å². The van der Waals surface area contributed by atoms with Crippen LogP contribution in [0.25, 0.3) is 0 Å². The van der Waals surface area contributed by atoms with Crippen LogP contribution >= 0.6 is 23.7 Å². The SMILES string of the molecule is COCc1ccccc1CNC(=O)c1csc(CCN)n1.Cl. The third kappa shape index (κ3) is 5.06. The van der Waals surface area contributed by atoms with E-state index in [2.05, 4.69) is 10.3 Å². The fourth-order valence-electron chi connectivity index (χ4n) is 1.95. The van der Waals surface area contributed by atoms with Gasteiger partial charge in [-0.1, -0.05) is 24.3 Å². The van der Waals surface area contributed by atoms with Crippen LogP contribution in [0.3, 0.4) is 0 Å². The lowest BCUT2D eigenvalue weighted by Crippen LogP contribution is -2.23. The second-order valence-electron chi connectivity index (χ2n) is 4.55. The van der Waals surface area contributed by atoms with Crippen LogP contribution in [-0.4, -0.2) is 24.5 Å². The van der Waals surface area contributed by atoms with Crippen molar-refractivity contribution in [2.75, 3.05) is 13.7 Å². The number of hydrogen-bond acceptors (Lipinski definition) is 5. The number of halogens is 1. The third-order valence-electron chi connectivity index (χ3n) is 3.00. The van der Waals surface area contributed by atoms with Gasteiger partial charge in [0.1, 0.15) is 5.69 Å². The predicted octanol–water partition coefficient (Wildman–Crippen LogP) is 2.14. The summed E-state index contributed by atoms with van der Waals surface area (Å²) in [5.41, 5.74) is 8.05.